The first kappa shape index (κ1) is 13.6. The third kappa shape index (κ3) is 5.83. The number of hydrogen-bond acceptors (Lipinski definition) is 4. The molecule has 1 atom stereocenters. The fourth-order valence-electron chi connectivity index (χ4n) is 1.35. The summed E-state index contributed by atoms with van der Waals surface area (Å²) in [7, 11) is 3.75. The van der Waals surface area contributed by atoms with E-state index in [0.717, 1.165) is 6.54 Å². The molecule has 0 aromatic heterocycles. The normalized spacial score (nSPS) is 23.5. The second-order valence-corrected chi connectivity index (χ2v) is 5.45. The summed E-state index contributed by atoms with van der Waals surface area (Å²) in [5.41, 5.74) is 0. The molecular weight excluding hydrogens is 200 g/mol. The van der Waals surface area contributed by atoms with Crippen molar-refractivity contribution in [1.82, 2.24) is 5.01 Å². The Morgan fingerprint density at radius 2 is 2.08 bits per heavy atom. The standard InChI is InChI=1S/C7H16N2S2.C2H6/c1-10-11-6-7-4-2-3-5-9(7)8;1-2/h7H,2-6,8H2,1H3;1-2H3. The topological polar surface area (TPSA) is 29.3 Å². The lowest BCUT2D eigenvalue weighted by Gasteiger charge is -2.31. The number of nitrogens with zero attached hydrogens (tertiary/aromatic N) is 1. The van der Waals surface area contributed by atoms with Crippen LogP contribution in [0.25, 0.3) is 0 Å². The molecule has 1 fully saturated rings. The van der Waals surface area contributed by atoms with E-state index in [2.05, 4.69) is 6.26 Å². The van der Waals surface area contributed by atoms with Crippen molar-refractivity contribution in [3.05, 3.63) is 0 Å². The monoisotopic (exact) mass is 222 g/mol. The van der Waals surface area contributed by atoms with Crippen molar-refractivity contribution in [1.29, 1.82) is 0 Å². The van der Waals surface area contributed by atoms with E-state index in [4.69, 9.17) is 5.84 Å². The summed E-state index contributed by atoms with van der Waals surface area (Å²) in [4.78, 5) is 0. The minimum Gasteiger partial charge on any atom is -0.269 e. The van der Waals surface area contributed by atoms with E-state index in [-0.39, 0.29) is 0 Å². The van der Waals surface area contributed by atoms with Crippen LogP contribution in [0, 0.1) is 0 Å². The van der Waals surface area contributed by atoms with Gasteiger partial charge in [-0.25, -0.2) is 5.01 Å². The van der Waals surface area contributed by atoms with Crippen LogP contribution in [0.3, 0.4) is 0 Å². The van der Waals surface area contributed by atoms with Gasteiger partial charge in [0, 0.05) is 18.3 Å². The van der Waals surface area contributed by atoms with Gasteiger partial charge in [0.15, 0.2) is 0 Å². The van der Waals surface area contributed by atoms with Crippen LogP contribution in [0.1, 0.15) is 33.1 Å². The van der Waals surface area contributed by atoms with Gasteiger partial charge in [-0.05, 0) is 19.1 Å². The van der Waals surface area contributed by atoms with E-state index in [1.807, 2.05) is 40.4 Å². The maximum absolute atomic E-state index is 5.83. The van der Waals surface area contributed by atoms with Crippen LogP contribution in [-0.2, 0) is 0 Å². The van der Waals surface area contributed by atoms with Gasteiger partial charge in [-0.1, -0.05) is 41.9 Å². The van der Waals surface area contributed by atoms with Gasteiger partial charge in [-0.3, -0.25) is 5.84 Å². The lowest BCUT2D eigenvalue weighted by Crippen LogP contribution is -2.45. The van der Waals surface area contributed by atoms with E-state index in [0.29, 0.717) is 6.04 Å². The minimum atomic E-state index is 0.626. The van der Waals surface area contributed by atoms with Gasteiger partial charge in [-0.15, -0.1) is 0 Å². The Hall–Kier alpha value is 0.620. The van der Waals surface area contributed by atoms with Crippen LogP contribution in [-0.4, -0.2) is 29.6 Å². The number of hydrazine groups is 1. The zero-order chi connectivity index (χ0) is 10.1. The summed E-state index contributed by atoms with van der Waals surface area (Å²) < 4.78 is 0. The smallest absolute Gasteiger partial charge is 0.0340 e. The quantitative estimate of drug-likeness (QED) is 0.587. The van der Waals surface area contributed by atoms with E-state index in [9.17, 15) is 0 Å². The Labute approximate surface area is 90.4 Å². The van der Waals surface area contributed by atoms with Crippen molar-refractivity contribution >= 4 is 21.6 Å². The second kappa shape index (κ2) is 9.19. The molecule has 1 rings (SSSR count). The molecule has 0 aliphatic carbocycles. The molecule has 0 saturated carbocycles. The lowest BCUT2D eigenvalue weighted by molar-refractivity contribution is 0.167. The maximum atomic E-state index is 5.83. The predicted molar refractivity (Wildman–Crippen MR) is 65.9 cm³/mol. The molecule has 0 aromatic carbocycles. The highest BCUT2D eigenvalue weighted by atomic mass is 33.1. The van der Waals surface area contributed by atoms with Gasteiger partial charge in [0.25, 0.3) is 0 Å². The SMILES string of the molecule is CC.CSSCC1CCCCN1N. The highest BCUT2D eigenvalue weighted by Gasteiger charge is 2.18. The minimum absolute atomic E-state index is 0.626. The number of hydrogen-bond donors (Lipinski definition) is 1. The molecule has 1 saturated heterocycles. The first-order valence-electron chi connectivity index (χ1n) is 5.01. The van der Waals surface area contributed by atoms with E-state index >= 15 is 0 Å². The summed E-state index contributed by atoms with van der Waals surface area (Å²) in [5.74, 6) is 7.01. The van der Waals surface area contributed by atoms with E-state index in [1.165, 1.54) is 25.0 Å². The summed E-state index contributed by atoms with van der Waals surface area (Å²) >= 11 is 0. The highest BCUT2D eigenvalue weighted by Crippen LogP contribution is 2.23. The molecule has 0 aromatic rings. The largest absolute Gasteiger partial charge is 0.269 e. The molecular formula is C9H22N2S2. The van der Waals surface area contributed by atoms with Crippen LogP contribution in [0.4, 0.5) is 0 Å². The summed E-state index contributed by atoms with van der Waals surface area (Å²) in [6.45, 7) is 5.08. The average molecular weight is 222 g/mol. The van der Waals surface area contributed by atoms with E-state index < -0.39 is 0 Å². The van der Waals surface area contributed by atoms with Crippen LogP contribution in [0.2, 0.25) is 0 Å². The third-order valence-corrected chi connectivity index (χ3v) is 3.92. The van der Waals surface area contributed by atoms with Gasteiger partial charge in [0.1, 0.15) is 0 Å². The van der Waals surface area contributed by atoms with Crippen molar-refractivity contribution in [2.24, 2.45) is 5.84 Å². The van der Waals surface area contributed by atoms with Crippen LogP contribution in [0.15, 0.2) is 0 Å². The molecule has 1 unspecified atom stereocenters. The molecule has 1 heterocycles. The summed E-state index contributed by atoms with van der Waals surface area (Å²) in [5, 5.41) is 2.01. The van der Waals surface area contributed by atoms with E-state index in [1.54, 1.807) is 0 Å². The van der Waals surface area contributed by atoms with Crippen molar-refractivity contribution in [3.63, 3.8) is 0 Å². The van der Waals surface area contributed by atoms with Crippen molar-refractivity contribution in [2.75, 3.05) is 18.6 Å². The van der Waals surface area contributed by atoms with Crippen molar-refractivity contribution in [3.8, 4) is 0 Å². The fourth-order valence-corrected chi connectivity index (χ4v) is 2.88. The Kier molecular flexibility index (Phi) is 9.62. The van der Waals surface area contributed by atoms with Gasteiger partial charge < -0.3 is 0 Å². The Morgan fingerprint density at radius 3 is 2.62 bits per heavy atom. The van der Waals surface area contributed by atoms with Gasteiger partial charge in [-0.2, -0.15) is 0 Å². The number of piperidine rings is 1. The lowest BCUT2D eigenvalue weighted by atomic mass is 10.1. The highest BCUT2D eigenvalue weighted by molar-refractivity contribution is 8.76. The number of nitrogens with two attached hydrogens (primary N) is 1. The summed E-state index contributed by atoms with van der Waals surface area (Å²) in [6, 6.07) is 0.626. The van der Waals surface area contributed by atoms with Crippen molar-refractivity contribution in [2.45, 2.75) is 39.2 Å². The van der Waals surface area contributed by atoms with Crippen LogP contribution in [0.5, 0.6) is 0 Å². The molecule has 0 spiro atoms. The second-order valence-electron chi connectivity index (χ2n) is 2.84. The Morgan fingerprint density at radius 1 is 1.38 bits per heavy atom. The van der Waals surface area contributed by atoms with Gasteiger partial charge >= 0.3 is 0 Å². The Bertz CT molecular complexity index is 112. The number of rotatable bonds is 3. The third-order valence-electron chi connectivity index (χ3n) is 2.05. The Balaban J connectivity index is 0.000000671. The fraction of sp³-hybridized carbons (Fsp3) is 1.00. The first-order chi connectivity index (χ1) is 6.34. The summed E-state index contributed by atoms with van der Waals surface area (Å²) in [6.07, 6.45) is 6.03. The molecule has 4 heteroatoms. The molecule has 13 heavy (non-hydrogen) atoms. The van der Waals surface area contributed by atoms with Crippen molar-refractivity contribution < 1.29 is 0 Å². The van der Waals surface area contributed by atoms with Gasteiger partial charge in [0.2, 0.25) is 0 Å². The first-order valence-corrected chi connectivity index (χ1v) is 7.74. The zero-order valence-corrected chi connectivity index (χ0v) is 10.6. The molecule has 2 N–H and O–H groups in total. The molecule has 1 aliphatic rings. The zero-order valence-electron chi connectivity index (χ0n) is 8.95. The maximum Gasteiger partial charge on any atom is 0.0340 e. The molecule has 1 aliphatic heterocycles. The predicted octanol–water partition coefficient (Wildman–Crippen LogP) is 2.75. The van der Waals surface area contributed by atoms with Gasteiger partial charge in [0.05, 0.1) is 0 Å². The average Bonchev–Trinajstić information content (AvgIpc) is 2.20. The van der Waals surface area contributed by atoms with Crippen LogP contribution >= 0.6 is 21.6 Å². The molecule has 0 amide bonds. The van der Waals surface area contributed by atoms with Crippen LogP contribution < -0.4 is 5.84 Å². The molecule has 0 radical (unpaired) electrons. The molecule has 0 bridgehead atoms. The molecule has 2 nitrogen and oxygen atoms in total. The molecule has 80 valence electrons.